The van der Waals surface area contributed by atoms with Crippen LogP contribution in [0.2, 0.25) is 0 Å². The molecule has 4 aliphatic heterocycles. The summed E-state index contributed by atoms with van der Waals surface area (Å²) in [7, 11) is -2.42. The van der Waals surface area contributed by atoms with Crippen molar-refractivity contribution in [3.63, 3.8) is 0 Å². The Morgan fingerprint density at radius 1 is 0.756 bits per heavy atom. The highest BCUT2D eigenvalue weighted by Crippen LogP contribution is 2.48. The number of carbonyl (C=O) groups excluding carboxylic acids is 1. The first kappa shape index (κ1) is 32.1. The van der Waals surface area contributed by atoms with Crippen LogP contribution in [0.15, 0.2) is 36.4 Å². The van der Waals surface area contributed by atoms with E-state index in [0.29, 0.717) is 5.69 Å². The quantitative estimate of drug-likeness (QED) is 0.478. The zero-order valence-corrected chi connectivity index (χ0v) is 28.3. The van der Waals surface area contributed by atoms with E-state index in [9.17, 15) is 21.6 Å². The number of carbonyl (C=O) groups is 1. The van der Waals surface area contributed by atoms with Gasteiger partial charge in [-0.05, 0) is 100 Å². The molecule has 4 heterocycles. The fourth-order valence-electron chi connectivity index (χ4n) is 8.22. The van der Waals surface area contributed by atoms with Crippen molar-refractivity contribution in [2.45, 2.75) is 62.4 Å². The van der Waals surface area contributed by atoms with Crippen LogP contribution in [0.25, 0.3) is 0 Å². The first-order chi connectivity index (χ1) is 21.2. The summed E-state index contributed by atoms with van der Waals surface area (Å²) in [6.07, 6.45) is 8.45. The summed E-state index contributed by atoms with van der Waals surface area (Å²) in [5.74, 6) is 0.593. The van der Waals surface area contributed by atoms with Gasteiger partial charge in [-0.3, -0.25) is 13.4 Å². The van der Waals surface area contributed by atoms with Gasteiger partial charge in [0.15, 0.2) is 0 Å². The number of fused-ring (bicyclic) bond motifs is 6. The molecule has 3 N–H and O–H groups in total. The molecule has 4 unspecified atom stereocenters. The number of nitrogens with zero attached hydrogens (tertiary/aromatic N) is 4. The van der Waals surface area contributed by atoms with Gasteiger partial charge in [0.05, 0.1) is 36.0 Å². The molecule has 246 valence electrons. The lowest BCUT2D eigenvalue weighted by molar-refractivity contribution is -0.119. The molecule has 3 fully saturated rings. The first-order valence-electron chi connectivity index (χ1n) is 15.9. The van der Waals surface area contributed by atoms with Gasteiger partial charge < -0.3 is 20.9 Å². The molecule has 7 rings (SSSR count). The van der Waals surface area contributed by atoms with E-state index in [1.807, 2.05) is 30.3 Å². The summed E-state index contributed by atoms with van der Waals surface area (Å²) >= 11 is 0. The van der Waals surface area contributed by atoms with Gasteiger partial charge in [0, 0.05) is 42.2 Å². The molecule has 2 saturated heterocycles. The number of hydrogen-bond donors (Lipinski definition) is 2. The Hall–Kier alpha value is -2.87. The topological polar surface area (TPSA) is 136 Å². The normalized spacial score (nSPS) is 26.8. The number of likely N-dealkylation sites (tertiary alicyclic amines) is 2. The predicted molar refractivity (Wildman–Crippen MR) is 180 cm³/mol. The molecule has 2 aromatic rings. The van der Waals surface area contributed by atoms with Gasteiger partial charge in [-0.2, -0.15) is 0 Å². The Balaban J connectivity index is 0.000000167. The monoisotopic (exact) mass is 658 g/mol. The Morgan fingerprint density at radius 2 is 1.24 bits per heavy atom. The smallest absolute Gasteiger partial charge is 0.232 e. The molecular weight excluding hydrogens is 613 g/mol. The minimum absolute atomic E-state index is 0.0167. The minimum Gasteiger partial charge on any atom is -0.399 e. The number of piperidine rings is 2. The van der Waals surface area contributed by atoms with Crippen LogP contribution in [0.4, 0.5) is 22.7 Å². The van der Waals surface area contributed by atoms with E-state index in [1.54, 1.807) is 14.7 Å². The number of benzene rings is 2. The van der Waals surface area contributed by atoms with Crippen LogP contribution in [0.1, 0.15) is 61.5 Å². The van der Waals surface area contributed by atoms with Crippen LogP contribution in [0, 0.1) is 5.92 Å². The number of hydrogen-bond acceptors (Lipinski definition) is 8. The van der Waals surface area contributed by atoms with Crippen molar-refractivity contribution in [2.75, 3.05) is 72.4 Å². The number of amides is 1. The molecule has 0 radical (unpaired) electrons. The number of sulfonamides is 2. The number of likely N-dealkylation sites (N-methyl/N-ethyl adjacent to an activating group) is 2. The molecule has 0 aromatic heterocycles. The number of rotatable bonds is 4. The van der Waals surface area contributed by atoms with Crippen molar-refractivity contribution in [1.82, 2.24) is 9.80 Å². The molecule has 11 nitrogen and oxygen atoms in total. The second kappa shape index (κ2) is 12.1. The Morgan fingerprint density at radius 3 is 1.76 bits per heavy atom. The van der Waals surface area contributed by atoms with Gasteiger partial charge in [-0.1, -0.05) is 12.8 Å². The second-order valence-corrected chi connectivity index (χ2v) is 17.3. The van der Waals surface area contributed by atoms with Gasteiger partial charge in [-0.15, -0.1) is 0 Å². The van der Waals surface area contributed by atoms with E-state index < -0.39 is 20.0 Å². The maximum absolute atomic E-state index is 12.4. The molecule has 13 heteroatoms. The summed E-state index contributed by atoms with van der Waals surface area (Å²) in [6, 6.07) is 11.3. The third-order valence-corrected chi connectivity index (χ3v) is 12.6. The molecule has 0 bridgehead atoms. The molecule has 1 amide bonds. The van der Waals surface area contributed by atoms with Gasteiger partial charge in [-0.25, -0.2) is 16.8 Å². The van der Waals surface area contributed by atoms with Gasteiger partial charge in [0.1, 0.15) is 0 Å². The maximum atomic E-state index is 12.4. The van der Waals surface area contributed by atoms with Crippen LogP contribution < -0.4 is 19.7 Å². The zero-order chi connectivity index (χ0) is 32.3. The average Bonchev–Trinajstić information content (AvgIpc) is 3.68. The van der Waals surface area contributed by atoms with Crippen molar-refractivity contribution >= 4 is 48.7 Å². The lowest BCUT2D eigenvalue weighted by Crippen LogP contribution is -2.46. The maximum Gasteiger partial charge on any atom is 0.232 e. The molecule has 2 aromatic carbocycles. The molecule has 0 spiro atoms. The van der Waals surface area contributed by atoms with Crippen LogP contribution in [-0.4, -0.2) is 97.4 Å². The Bertz CT molecular complexity index is 1680. The van der Waals surface area contributed by atoms with Crippen LogP contribution in [0.5, 0.6) is 0 Å². The molecule has 1 aliphatic carbocycles. The average molecular weight is 659 g/mol. The number of nitrogens with two attached hydrogens (primary N) is 1. The Labute approximate surface area is 267 Å². The largest absolute Gasteiger partial charge is 0.399 e. The van der Waals surface area contributed by atoms with Gasteiger partial charge >= 0.3 is 0 Å². The van der Waals surface area contributed by atoms with Crippen molar-refractivity contribution in [1.29, 1.82) is 0 Å². The van der Waals surface area contributed by atoms with Crippen molar-refractivity contribution < 1.29 is 21.6 Å². The zero-order valence-electron chi connectivity index (χ0n) is 26.6. The predicted octanol–water partition coefficient (Wildman–Crippen LogP) is 3.22. The number of nitrogen functional groups attached to an aromatic ring is 1. The van der Waals surface area contributed by atoms with E-state index in [4.69, 9.17) is 5.73 Å². The summed E-state index contributed by atoms with van der Waals surface area (Å²) in [4.78, 5) is 16.9. The minimum atomic E-state index is -3.33. The van der Waals surface area contributed by atoms with E-state index in [2.05, 4.69) is 29.2 Å². The van der Waals surface area contributed by atoms with Crippen LogP contribution in [-0.2, 0) is 24.8 Å². The lowest BCUT2D eigenvalue weighted by atomic mass is 9.89. The first-order valence-corrected chi connectivity index (χ1v) is 19.6. The third-order valence-electron chi connectivity index (χ3n) is 10.2. The van der Waals surface area contributed by atoms with Crippen molar-refractivity contribution in [3.8, 4) is 0 Å². The summed E-state index contributed by atoms with van der Waals surface area (Å²) < 4.78 is 52.2. The molecule has 1 saturated carbocycles. The van der Waals surface area contributed by atoms with E-state index in [-0.39, 0.29) is 35.7 Å². The summed E-state index contributed by atoms with van der Waals surface area (Å²) in [6.45, 7) is 3.54. The fourth-order valence-corrected chi connectivity index (χ4v) is 10.8. The third kappa shape index (κ3) is 6.28. The van der Waals surface area contributed by atoms with Crippen molar-refractivity contribution in [2.24, 2.45) is 5.92 Å². The summed E-state index contributed by atoms with van der Waals surface area (Å²) in [5.41, 5.74) is 11.0. The van der Waals surface area contributed by atoms with Gasteiger partial charge in [0.2, 0.25) is 26.0 Å². The SMILES string of the molecule is CN1CCC2C(C1)c1cc(N)ccc1N2S(C)(=O)=O.CN1CCC2C(C1)c1cc(NC(=O)C3CCCC3)ccc1N2S(C)(=O)=O. The fraction of sp³-hybridized carbons (Fsp3) is 0.594. The summed E-state index contributed by atoms with van der Waals surface area (Å²) in [5, 5.41) is 3.05. The lowest BCUT2D eigenvalue weighted by Gasteiger charge is -2.36. The van der Waals surface area contributed by atoms with Crippen molar-refractivity contribution in [3.05, 3.63) is 47.5 Å². The van der Waals surface area contributed by atoms with Crippen LogP contribution in [0.3, 0.4) is 0 Å². The number of anilines is 4. The van der Waals surface area contributed by atoms with E-state index >= 15 is 0 Å². The molecule has 45 heavy (non-hydrogen) atoms. The second-order valence-electron chi connectivity index (χ2n) is 13.6. The number of nitrogens with one attached hydrogen (secondary N) is 1. The van der Waals surface area contributed by atoms with E-state index in [1.165, 1.54) is 12.5 Å². The molecule has 5 aliphatic rings. The van der Waals surface area contributed by atoms with E-state index in [0.717, 1.165) is 92.9 Å². The van der Waals surface area contributed by atoms with Crippen LogP contribution >= 0.6 is 0 Å². The highest BCUT2D eigenvalue weighted by atomic mass is 32.2. The highest BCUT2D eigenvalue weighted by Gasteiger charge is 2.46. The standard InChI is InChI=1S/C19H27N3O3S.C13H19N3O2S/c1-21-10-9-18-16(12-21)15-11-14(20-19(23)13-5-3-4-6-13)7-8-17(15)22(18)26(2,24)25;1-15-6-5-13-11(8-15)10-7-9(14)3-4-12(10)16(13)19(2,17)18/h7-8,11,13,16,18H,3-6,9-10,12H2,1-2H3,(H,20,23);3-4,7,11,13H,5-6,8,14H2,1-2H3. The molecule has 4 atom stereocenters. The molecular formula is C32H46N6O5S2. The van der Waals surface area contributed by atoms with Gasteiger partial charge in [0.25, 0.3) is 0 Å². The highest BCUT2D eigenvalue weighted by molar-refractivity contribution is 7.92. The Kier molecular flexibility index (Phi) is 8.59.